The maximum Gasteiger partial charge on any atom is 0.228 e. The van der Waals surface area contributed by atoms with Gasteiger partial charge >= 0.3 is 0 Å². The van der Waals surface area contributed by atoms with Crippen LogP contribution in [-0.4, -0.2) is 61.3 Å². The number of rotatable bonds is 25. The number of hydrogen-bond donors (Lipinski definition) is 4. The Labute approximate surface area is 288 Å². The number of benzene rings is 1. The first-order valence-corrected chi connectivity index (χ1v) is 19.0. The highest BCUT2D eigenvalue weighted by Gasteiger charge is 2.39. The molecule has 5 atom stereocenters. The van der Waals surface area contributed by atoms with Crippen molar-refractivity contribution in [3.63, 3.8) is 0 Å². The number of aromatic hydroxyl groups is 1. The van der Waals surface area contributed by atoms with Crippen LogP contribution >= 0.6 is 34.8 Å². The molecule has 2 rings (SSSR count). The lowest BCUT2D eigenvalue weighted by atomic mass is 9.98. The van der Waals surface area contributed by atoms with E-state index < -0.39 is 28.9 Å². The highest BCUT2D eigenvalue weighted by atomic mass is 35.5. The molecule has 1 saturated heterocycles. The minimum Gasteiger partial charge on any atom is -0.508 e. The van der Waals surface area contributed by atoms with Crippen molar-refractivity contribution >= 4 is 34.8 Å². The lowest BCUT2D eigenvalue weighted by molar-refractivity contribution is -0.242. The fraction of sp³-hybridized carbons (Fsp3) is 0.833. The van der Waals surface area contributed by atoms with E-state index in [1.807, 2.05) is 6.07 Å². The monoisotopic (exact) mass is 694 g/mol. The molecule has 6 nitrogen and oxygen atoms in total. The van der Waals surface area contributed by atoms with Gasteiger partial charge < -0.3 is 29.9 Å². The van der Waals surface area contributed by atoms with Crippen LogP contribution in [0.1, 0.15) is 147 Å². The van der Waals surface area contributed by atoms with Crippen molar-refractivity contribution in [2.75, 3.05) is 6.61 Å². The Morgan fingerprint density at radius 3 is 1.98 bits per heavy atom. The summed E-state index contributed by atoms with van der Waals surface area (Å²) in [5, 5.41) is 41.8. The molecule has 9 heteroatoms. The molecular weight excluding hydrogens is 635 g/mol. The first-order chi connectivity index (χ1) is 21.6. The number of aryl methyl sites for hydroxylation is 1. The van der Waals surface area contributed by atoms with Gasteiger partial charge in [-0.2, -0.15) is 0 Å². The van der Waals surface area contributed by atoms with Gasteiger partial charge in [0.1, 0.15) is 34.1 Å². The molecule has 0 bridgehead atoms. The summed E-state index contributed by atoms with van der Waals surface area (Å²) in [4.78, 5) is 0. The van der Waals surface area contributed by atoms with Crippen LogP contribution in [0.4, 0.5) is 0 Å². The normalized spacial score (nSPS) is 21.2. The van der Waals surface area contributed by atoms with Crippen molar-refractivity contribution in [2.45, 2.75) is 183 Å². The standard InChI is InChI=1S/C36H61Cl3O6/c1-3-5-7-9-16-22-36(38,39)23-17-11-12-18-27-24-30(40)29(21-15-10-14-20-28(37)19-13-8-6-4-2)32(25-27)45-35-34(43)33(42)31(41)26-44-35/h24-25,28,31,33-35,40-43H,3-23,26H2,1-2H3. The highest BCUT2D eigenvalue weighted by Crippen LogP contribution is 2.36. The van der Waals surface area contributed by atoms with Crippen molar-refractivity contribution in [3.05, 3.63) is 23.3 Å². The van der Waals surface area contributed by atoms with Crippen molar-refractivity contribution in [3.8, 4) is 11.5 Å². The van der Waals surface area contributed by atoms with Crippen LogP contribution in [0, 0.1) is 0 Å². The summed E-state index contributed by atoms with van der Waals surface area (Å²) >= 11 is 19.7. The molecule has 45 heavy (non-hydrogen) atoms. The van der Waals surface area contributed by atoms with Gasteiger partial charge in [-0.25, -0.2) is 0 Å². The summed E-state index contributed by atoms with van der Waals surface area (Å²) in [7, 11) is 0. The molecule has 0 spiro atoms. The molecule has 1 aliphatic rings. The van der Waals surface area contributed by atoms with E-state index in [2.05, 4.69) is 13.8 Å². The fourth-order valence-electron chi connectivity index (χ4n) is 5.98. The molecule has 0 amide bonds. The molecule has 4 N–H and O–H groups in total. The van der Waals surface area contributed by atoms with Gasteiger partial charge in [-0.15, -0.1) is 34.8 Å². The van der Waals surface area contributed by atoms with Crippen LogP contribution in [0.15, 0.2) is 12.1 Å². The van der Waals surface area contributed by atoms with Crippen LogP contribution in [0.2, 0.25) is 0 Å². The molecule has 1 fully saturated rings. The van der Waals surface area contributed by atoms with Gasteiger partial charge in [0, 0.05) is 10.9 Å². The number of phenols is 1. The molecule has 0 aromatic heterocycles. The Morgan fingerprint density at radius 1 is 0.778 bits per heavy atom. The summed E-state index contributed by atoms with van der Waals surface area (Å²) in [5.74, 6) is 0.593. The van der Waals surface area contributed by atoms with E-state index in [0.29, 0.717) is 17.7 Å². The molecule has 0 radical (unpaired) electrons. The number of phenolic OH excluding ortho intramolecular Hbond substituents is 1. The SMILES string of the molecule is CCCCCCCC(Cl)(Cl)CCCCCc1cc(O)c(CCCCCC(Cl)CCCCCC)c(OC2OCC(O)C(O)C2O)c1. The van der Waals surface area contributed by atoms with Crippen molar-refractivity contribution in [2.24, 2.45) is 0 Å². The zero-order valence-corrected chi connectivity index (χ0v) is 30.1. The van der Waals surface area contributed by atoms with Crippen LogP contribution in [0.5, 0.6) is 11.5 Å². The summed E-state index contributed by atoms with van der Waals surface area (Å²) in [5.41, 5.74) is 1.58. The molecule has 5 unspecified atom stereocenters. The Morgan fingerprint density at radius 2 is 1.33 bits per heavy atom. The summed E-state index contributed by atoms with van der Waals surface area (Å²) in [6.45, 7) is 4.27. The Balaban J connectivity index is 1.92. The Kier molecular flexibility index (Phi) is 20.8. The van der Waals surface area contributed by atoms with E-state index in [1.54, 1.807) is 6.07 Å². The van der Waals surface area contributed by atoms with Crippen molar-refractivity contribution in [1.29, 1.82) is 0 Å². The van der Waals surface area contributed by atoms with Crippen LogP contribution in [0.3, 0.4) is 0 Å². The van der Waals surface area contributed by atoms with E-state index in [-0.39, 0.29) is 17.7 Å². The molecule has 1 heterocycles. The van der Waals surface area contributed by atoms with Gasteiger partial charge in [-0.1, -0.05) is 97.3 Å². The number of hydrogen-bond acceptors (Lipinski definition) is 6. The quantitative estimate of drug-likeness (QED) is 0.0601. The topological polar surface area (TPSA) is 99.4 Å². The molecule has 1 aliphatic heterocycles. The second kappa shape index (κ2) is 23.0. The van der Waals surface area contributed by atoms with Crippen LogP contribution in [0.25, 0.3) is 0 Å². The van der Waals surface area contributed by atoms with E-state index in [4.69, 9.17) is 44.3 Å². The fourth-order valence-corrected chi connectivity index (χ4v) is 6.82. The van der Waals surface area contributed by atoms with E-state index >= 15 is 0 Å². The maximum atomic E-state index is 11.1. The smallest absolute Gasteiger partial charge is 0.228 e. The van der Waals surface area contributed by atoms with Gasteiger partial charge in [0.05, 0.1) is 6.61 Å². The molecule has 0 aliphatic carbocycles. The number of aliphatic hydroxyl groups excluding tert-OH is 3. The third-order valence-electron chi connectivity index (χ3n) is 8.91. The van der Waals surface area contributed by atoms with Crippen molar-refractivity contribution in [1.82, 2.24) is 0 Å². The maximum absolute atomic E-state index is 11.1. The van der Waals surface area contributed by atoms with Gasteiger partial charge in [-0.05, 0) is 69.1 Å². The third-order valence-corrected chi connectivity index (χ3v) is 10.1. The first-order valence-electron chi connectivity index (χ1n) is 17.8. The molecular formula is C36H61Cl3O6. The number of unbranched alkanes of at least 4 members (excludes halogenated alkanes) is 11. The lowest BCUT2D eigenvalue weighted by Gasteiger charge is -2.35. The first kappa shape index (κ1) is 40.7. The average Bonchev–Trinajstić information content (AvgIpc) is 3.00. The number of ether oxygens (including phenoxy) is 2. The Hall–Kier alpha value is -0.470. The largest absolute Gasteiger partial charge is 0.508 e. The Bertz CT molecular complexity index is 917. The zero-order valence-electron chi connectivity index (χ0n) is 27.8. The van der Waals surface area contributed by atoms with Crippen molar-refractivity contribution < 1.29 is 29.9 Å². The van der Waals surface area contributed by atoms with Gasteiger partial charge in [0.2, 0.25) is 6.29 Å². The summed E-state index contributed by atoms with van der Waals surface area (Å²) < 4.78 is 10.9. The van der Waals surface area contributed by atoms with Crippen LogP contribution < -0.4 is 4.74 Å². The minimum atomic E-state index is -1.41. The minimum absolute atomic E-state index is 0.149. The molecule has 262 valence electrons. The summed E-state index contributed by atoms with van der Waals surface area (Å²) in [6.07, 6.45) is 16.4. The van der Waals surface area contributed by atoms with E-state index in [9.17, 15) is 20.4 Å². The van der Waals surface area contributed by atoms with Gasteiger partial charge in [0.25, 0.3) is 0 Å². The highest BCUT2D eigenvalue weighted by molar-refractivity contribution is 6.48. The second-order valence-electron chi connectivity index (χ2n) is 13.1. The average molecular weight is 696 g/mol. The molecule has 1 aromatic rings. The second-order valence-corrected chi connectivity index (χ2v) is 15.3. The molecule has 1 aromatic carbocycles. The molecule has 0 saturated carbocycles. The van der Waals surface area contributed by atoms with E-state index in [0.717, 1.165) is 82.6 Å². The lowest BCUT2D eigenvalue weighted by Crippen LogP contribution is -2.54. The van der Waals surface area contributed by atoms with Gasteiger partial charge in [0.15, 0.2) is 0 Å². The number of alkyl halides is 3. The number of aliphatic hydroxyl groups is 3. The van der Waals surface area contributed by atoms with Crippen LogP contribution in [-0.2, 0) is 17.6 Å². The van der Waals surface area contributed by atoms with E-state index in [1.165, 1.54) is 51.4 Å². The number of halogens is 3. The zero-order chi connectivity index (χ0) is 33.1. The van der Waals surface area contributed by atoms with Gasteiger partial charge in [-0.3, -0.25) is 0 Å². The third kappa shape index (κ3) is 16.5. The predicted octanol–water partition coefficient (Wildman–Crippen LogP) is 9.53. The predicted molar refractivity (Wildman–Crippen MR) is 187 cm³/mol. The summed E-state index contributed by atoms with van der Waals surface area (Å²) in [6, 6.07) is 3.70.